The average Bonchev–Trinajstić information content (AvgIpc) is 2.11. The smallest absolute Gasteiger partial charge is 0.278 e. The first kappa shape index (κ1) is 8.83. The maximum atomic E-state index is 10.7. The van der Waals surface area contributed by atoms with Crippen molar-refractivity contribution in [1.29, 1.82) is 0 Å². The molecule has 0 spiro atoms. The third kappa shape index (κ3) is 1.66. The van der Waals surface area contributed by atoms with Crippen molar-refractivity contribution in [3.8, 4) is 0 Å². The summed E-state index contributed by atoms with van der Waals surface area (Å²) in [5.41, 5.74) is 0. The molecule has 0 saturated heterocycles. The zero-order valence-corrected chi connectivity index (χ0v) is 7.78. The molecule has 0 saturated carbocycles. The van der Waals surface area contributed by atoms with E-state index >= 15 is 0 Å². The Hall–Kier alpha value is -0.260. The van der Waals surface area contributed by atoms with Crippen molar-refractivity contribution in [3.63, 3.8) is 0 Å². The molecule has 1 aromatic rings. The second-order valence-electron chi connectivity index (χ2n) is 1.86. The van der Waals surface area contributed by atoms with Crippen LogP contribution in [-0.4, -0.2) is 18.0 Å². The zero-order valence-electron chi connectivity index (χ0n) is 5.45. The highest BCUT2D eigenvalue weighted by Gasteiger charge is 2.16. The van der Waals surface area contributed by atoms with Crippen LogP contribution in [-0.2, 0) is 16.1 Å². The van der Waals surface area contributed by atoms with Crippen LogP contribution in [0.3, 0.4) is 0 Å². The molecule has 0 aliphatic carbocycles. The fourth-order valence-electron chi connectivity index (χ4n) is 0.599. The summed E-state index contributed by atoms with van der Waals surface area (Å²) in [6, 6.07) is 0. The van der Waals surface area contributed by atoms with Crippen LogP contribution < -0.4 is 0 Å². The van der Waals surface area contributed by atoms with Crippen LogP contribution in [0, 0.1) is 0 Å². The molecule has 0 aliphatic heterocycles. The molecular weight excluding hydrogens is 211 g/mol. The van der Waals surface area contributed by atoms with E-state index in [1.807, 2.05) is 0 Å². The first-order valence-electron chi connectivity index (χ1n) is 2.55. The van der Waals surface area contributed by atoms with Crippen molar-refractivity contribution in [2.24, 2.45) is 7.05 Å². The van der Waals surface area contributed by atoms with Crippen LogP contribution in [0.1, 0.15) is 0 Å². The van der Waals surface area contributed by atoms with E-state index in [9.17, 15) is 8.42 Å². The lowest BCUT2D eigenvalue weighted by atomic mass is 10.9. The summed E-state index contributed by atoms with van der Waals surface area (Å²) in [5.74, 6) is 0. The first-order valence-corrected chi connectivity index (χ1v) is 5.23. The molecule has 0 fully saturated rings. The Kier molecular flexibility index (Phi) is 2.13. The van der Waals surface area contributed by atoms with Gasteiger partial charge in [-0.25, -0.2) is 13.4 Å². The van der Waals surface area contributed by atoms with E-state index < -0.39 is 9.05 Å². The van der Waals surface area contributed by atoms with Gasteiger partial charge in [-0.3, -0.25) is 0 Å². The number of hydrogen-bond donors (Lipinski definition) is 0. The third-order valence-electron chi connectivity index (χ3n) is 1.14. The standard InChI is InChI=1S/C4H4Cl2N2O2S/c1-8-3(11(6,9)10)2-7-4(8)5/h2H,1H3. The maximum Gasteiger partial charge on any atom is 0.278 e. The second-order valence-corrected chi connectivity index (χ2v) is 4.71. The molecule has 0 unspecified atom stereocenters. The lowest BCUT2D eigenvalue weighted by molar-refractivity contribution is 0.600. The summed E-state index contributed by atoms with van der Waals surface area (Å²) in [4.78, 5) is 3.55. The summed E-state index contributed by atoms with van der Waals surface area (Å²) in [6.07, 6.45) is 1.10. The van der Waals surface area contributed by atoms with Gasteiger partial charge in [0.05, 0.1) is 6.20 Å². The van der Waals surface area contributed by atoms with Gasteiger partial charge in [-0.1, -0.05) is 0 Å². The van der Waals surface area contributed by atoms with Crippen molar-refractivity contribution in [2.75, 3.05) is 0 Å². The van der Waals surface area contributed by atoms with Crippen molar-refractivity contribution < 1.29 is 8.42 Å². The van der Waals surface area contributed by atoms with Crippen molar-refractivity contribution in [2.45, 2.75) is 5.03 Å². The van der Waals surface area contributed by atoms with Gasteiger partial charge >= 0.3 is 0 Å². The third-order valence-corrected chi connectivity index (χ3v) is 2.84. The zero-order chi connectivity index (χ0) is 8.65. The number of hydrogen-bond acceptors (Lipinski definition) is 3. The predicted molar refractivity (Wildman–Crippen MR) is 41.3 cm³/mol. The van der Waals surface area contributed by atoms with Gasteiger partial charge in [-0.15, -0.1) is 0 Å². The van der Waals surface area contributed by atoms with Gasteiger partial charge in [0.15, 0.2) is 5.03 Å². The van der Waals surface area contributed by atoms with Crippen LogP contribution >= 0.6 is 22.3 Å². The number of halogens is 2. The van der Waals surface area contributed by atoms with Gasteiger partial charge in [0.25, 0.3) is 9.05 Å². The Labute approximate surface area is 73.2 Å². The van der Waals surface area contributed by atoms with Gasteiger partial charge in [-0.05, 0) is 11.6 Å². The number of aromatic nitrogens is 2. The molecule has 0 N–H and O–H groups in total. The molecule has 0 radical (unpaired) electrons. The first-order chi connectivity index (χ1) is 4.93. The monoisotopic (exact) mass is 214 g/mol. The molecule has 4 nitrogen and oxygen atoms in total. The SMILES string of the molecule is Cn1c(S(=O)(=O)Cl)cnc1Cl. The summed E-state index contributed by atoms with van der Waals surface area (Å²) < 4.78 is 22.6. The Bertz CT molecular complexity index is 369. The molecule has 1 heterocycles. The van der Waals surface area contributed by atoms with E-state index in [-0.39, 0.29) is 10.3 Å². The molecule has 11 heavy (non-hydrogen) atoms. The number of nitrogens with zero attached hydrogens (tertiary/aromatic N) is 2. The van der Waals surface area contributed by atoms with Crippen molar-refractivity contribution in [1.82, 2.24) is 9.55 Å². The van der Waals surface area contributed by atoms with E-state index in [4.69, 9.17) is 22.3 Å². The number of imidazole rings is 1. The van der Waals surface area contributed by atoms with Gasteiger partial charge in [0.1, 0.15) is 0 Å². The Morgan fingerprint density at radius 3 is 2.36 bits per heavy atom. The molecule has 1 aromatic heterocycles. The van der Waals surface area contributed by atoms with Crippen LogP contribution in [0.2, 0.25) is 5.28 Å². The fourth-order valence-corrected chi connectivity index (χ4v) is 1.81. The molecule has 7 heteroatoms. The van der Waals surface area contributed by atoms with Crippen molar-refractivity contribution >= 4 is 31.3 Å². The van der Waals surface area contributed by atoms with E-state index in [0.717, 1.165) is 6.20 Å². The van der Waals surface area contributed by atoms with Crippen molar-refractivity contribution in [3.05, 3.63) is 11.5 Å². The van der Waals surface area contributed by atoms with Crippen LogP contribution in [0.25, 0.3) is 0 Å². The van der Waals surface area contributed by atoms with Gasteiger partial charge < -0.3 is 4.57 Å². The highest BCUT2D eigenvalue weighted by molar-refractivity contribution is 8.13. The molecule has 1 rings (SSSR count). The van der Waals surface area contributed by atoms with E-state index in [0.29, 0.717) is 0 Å². The Morgan fingerprint density at radius 2 is 2.18 bits per heavy atom. The Morgan fingerprint density at radius 1 is 1.64 bits per heavy atom. The lowest BCUT2D eigenvalue weighted by Crippen LogP contribution is -1.99. The minimum atomic E-state index is -3.72. The summed E-state index contributed by atoms with van der Waals surface area (Å²) >= 11 is 5.46. The average molecular weight is 215 g/mol. The molecule has 0 atom stereocenters. The van der Waals surface area contributed by atoms with Crippen LogP contribution in [0.4, 0.5) is 0 Å². The second kappa shape index (κ2) is 2.66. The maximum absolute atomic E-state index is 10.7. The van der Waals surface area contributed by atoms with E-state index in [1.165, 1.54) is 11.6 Å². The fraction of sp³-hybridized carbons (Fsp3) is 0.250. The molecular formula is C4H4Cl2N2O2S. The minimum Gasteiger partial charge on any atom is -0.308 e. The molecule has 0 bridgehead atoms. The van der Waals surface area contributed by atoms with E-state index in [1.54, 1.807) is 0 Å². The lowest BCUT2D eigenvalue weighted by Gasteiger charge is -1.95. The normalized spacial score (nSPS) is 11.9. The summed E-state index contributed by atoms with van der Waals surface area (Å²) in [6.45, 7) is 0. The quantitative estimate of drug-likeness (QED) is 0.656. The summed E-state index contributed by atoms with van der Waals surface area (Å²) in [7, 11) is 2.77. The van der Waals surface area contributed by atoms with Gasteiger partial charge in [-0.2, -0.15) is 0 Å². The molecule has 0 aromatic carbocycles. The van der Waals surface area contributed by atoms with Gasteiger partial charge in [0.2, 0.25) is 5.28 Å². The molecule has 62 valence electrons. The minimum absolute atomic E-state index is 0.0872. The van der Waals surface area contributed by atoms with Crippen LogP contribution in [0.5, 0.6) is 0 Å². The topological polar surface area (TPSA) is 52.0 Å². The highest BCUT2D eigenvalue weighted by atomic mass is 35.7. The number of rotatable bonds is 1. The highest BCUT2D eigenvalue weighted by Crippen LogP contribution is 2.17. The van der Waals surface area contributed by atoms with Crippen LogP contribution in [0.15, 0.2) is 11.2 Å². The largest absolute Gasteiger partial charge is 0.308 e. The predicted octanol–water partition coefficient (Wildman–Crippen LogP) is 1.00. The van der Waals surface area contributed by atoms with Gasteiger partial charge in [0, 0.05) is 17.7 Å². The molecule has 0 amide bonds. The molecule has 0 aliphatic rings. The summed E-state index contributed by atoms with van der Waals surface area (Å²) in [5, 5.41) is -0.0200. The Balaban J connectivity index is 3.38. The van der Waals surface area contributed by atoms with E-state index in [2.05, 4.69) is 4.98 Å².